The van der Waals surface area contributed by atoms with Crippen molar-refractivity contribution in [3.05, 3.63) is 83.7 Å². The van der Waals surface area contributed by atoms with Crippen molar-refractivity contribution >= 4 is 22.9 Å². The van der Waals surface area contributed by atoms with Crippen LogP contribution in [0.15, 0.2) is 78.2 Å². The van der Waals surface area contributed by atoms with Crippen molar-refractivity contribution in [3.8, 4) is 33.3 Å². The van der Waals surface area contributed by atoms with E-state index in [9.17, 15) is 4.79 Å². The van der Waals surface area contributed by atoms with Gasteiger partial charge in [-0.3, -0.25) is 4.79 Å². The molecule has 1 unspecified atom stereocenters. The number of aryl methyl sites for hydroxylation is 1. The average Bonchev–Trinajstić information content (AvgIpc) is 3.41. The van der Waals surface area contributed by atoms with Crippen LogP contribution >= 0.6 is 11.3 Å². The van der Waals surface area contributed by atoms with Crippen molar-refractivity contribution in [1.82, 2.24) is 4.98 Å². The van der Waals surface area contributed by atoms with E-state index in [0.717, 1.165) is 51.9 Å². The highest BCUT2D eigenvalue weighted by Crippen LogP contribution is 2.39. The molecule has 0 aliphatic carbocycles. The van der Waals surface area contributed by atoms with Gasteiger partial charge in [0.25, 0.3) is 5.91 Å². The summed E-state index contributed by atoms with van der Waals surface area (Å²) >= 11 is 1.62. The van der Waals surface area contributed by atoms with Crippen LogP contribution in [-0.2, 0) is 4.79 Å². The SMILES string of the molecule is CCC1Oc2ccc(-c3csc(-c4ccccc4)n3)cc2N(CCCCOc2ccc(C)cc2)C1=O. The maximum absolute atomic E-state index is 13.2. The molecule has 2 heterocycles. The zero-order valence-corrected chi connectivity index (χ0v) is 21.5. The van der Waals surface area contributed by atoms with Crippen LogP contribution in [0.3, 0.4) is 0 Å². The number of unbranched alkanes of at least 4 members (excludes halogenated alkanes) is 1. The quantitative estimate of drug-likeness (QED) is 0.230. The van der Waals surface area contributed by atoms with Crippen molar-refractivity contribution < 1.29 is 14.3 Å². The number of fused-ring (bicyclic) bond motifs is 1. The molecule has 5 rings (SSSR count). The first kappa shape index (κ1) is 24.1. The minimum absolute atomic E-state index is 0.0184. The van der Waals surface area contributed by atoms with E-state index in [4.69, 9.17) is 14.5 Å². The van der Waals surface area contributed by atoms with E-state index in [1.54, 1.807) is 11.3 Å². The molecule has 5 nitrogen and oxygen atoms in total. The van der Waals surface area contributed by atoms with Gasteiger partial charge in [0.15, 0.2) is 6.10 Å². The predicted octanol–water partition coefficient (Wildman–Crippen LogP) is 7.15. The Morgan fingerprint density at radius 2 is 1.81 bits per heavy atom. The lowest BCUT2D eigenvalue weighted by Gasteiger charge is -2.34. The van der Waals surface area contributed by atoms with Gasteiger partial charge in [-0.15, -0.1) is 11.3 Å². The number of benzene rings is 3. The molecule has 1 atom stereocenters. The number of rotatable bonds is 9. The average molecular weight is 499 g/mol. The summed E-state index contributed by atoms with van der Waals surface area (Å²) < 4.78 is 11.9. The lowest BCUT2D eigenvalue weighted by atomic mass is 10.1. The third-order valence-corrected chi connectivity index (χ3v) is 7.21. The maximum atomic E-state index is 13.2. The third kappa shape index (κ3) is 5.29. The summed E-state index contributed by atoms with van der Waals surface area (Å²) in [6, 6.07) is 24.3. The first-order valence-electron chi connectivity index (χ1n) is 12.5. The van der Waals surface area contributed by atoms with Crippen LogP contribution in [0.25, 0.3) is 21.8 Å². The first-order chi connectivity index (χ1) is 17.6. The molecule has 0 fully saturated rings. The molecule has 0 saturated heterocycles. The van der Waals surface area contributed by atoms with E-state index in [0.29, 0.717) is 19.6 Å². The normalized spacial score (nSPS) is 14.9. The van der Waals surface area contributed by atoms with E-state index < -0.39 is 6.10 Å². The van der Waals surface area contributed by atoms with E-state index in [2.05, 4.69) is 24.4 Å². The van der Waals surface area contributed by atoms with Gasteiger partial charge in [0.05, 0.1) is 18.0 Å². The number of aromatic nitrogens is 1. The summed E-state index contributed by atoms with van der Waals surface area (Å²) in [6.45, 7) is 5.29. The van der Waals surface area contributed by atoms with Gasteiger partial charge < -0.3 is 14.4 Å². The molecular weight excluding hydrogens is 468 g/mol. The highest BCUT2D eigenvalue weighted by Gasteiger charge is 2.33. The lowest BCUT2D eigenvalue weighted by Crippen LogP contribution is -2.46. The Hall–Kier alpha value is -3.64. The molecule has 184 valence electrons. The number of ether oxygens (including phenoxy) is 2. The first-order valence-corrected chi connectivity index (χ1v) is 13.3. The van der Waals surface area contributed by atoms with Crippen LogP contribution in [0.5, 0.6) is 11.5 Å². The zero-order valence-electron chi connectivity index (χ0n) is 20.6. The fourth-order valence-electron chi connectivity index (χ4n) is 4.29. The topological polar surface area (TPSA) is 51.7 Å². The molecule has 6 heteroatoms. The minimum Gasteiger partial charge on any atom is -0.494 e. The van der Waals surface area contributed by atoms with Crippen LogP contribution in [0.2, 0.25) is 0 Å². The number of nitrogens with zero attached hydrogens (tertiary/aromatic N) is 2. The number of hydrogen-bond acceptors (Lipinski definition) is 5. The Morgan fingerprint density at radius 3 is 2.58 bits per heavy atom. The second kappa shape index (κ2) is 11.0. The third-order valence-electron chi connectivity index (χ3n) is 6.32. The summed E-state index contributed by atoms with van der Waals surface area (Å²) in [7, 11) is 0. The molecule has 0 radical (unpaired) electrons. The molecule has 36 heavy (non-hydrogen) atoms. The Morgan fingerprint density at radius 1 is 1.00 bits per heavy atom. The van der Waals surface area contributed by atoms with Gasteiger partial charge in [0.2, 0.25) is 0 Å². The largest absolute Gasteiger partial charge is 0.494 e. The van der Waals surface area contributed by atoms with Gasteiger partial charge in [-0.1, -0.05) is 55.0 Å². The van der Waals surface area contributed by atoms with Crippen molar-refractivity contribution in [1.29, 1.82) is 0 Å². The standard InChI is InChI=1S/C30H30N2O3S/c1-3-27-30(33)32(17-7-8-18-34-24-14-11-21(2)12-15-24)26-19-23(13-16-28(26)35-27)25-20-36-29(31-25)22-9-5-4-6-10-22/h4-6,9-16,19-20,27H,3,7-8,17-18H2,1-2H3. The second-order valence-corrected chi connectivity index (χ2v) is 9.82. The molecule has 0 spiro atoms. The number of carbonyl (C=O) groups excluding carboxylic acids is 1. The van der Waals surface area contributed by atoms with Gasteiger partial charge in [-0.25, -0.2) is 4.98 Å². The zero-order chi connectivity index (χ0) is 24.9. The van der Waals surface area contributed by atoms with Gasteiger partial charge >= 0.3 is 0 Å². The second-order valence-electron chi connectivity index (χ2n) is 8.96. The Kier molecular flexibility index (Phi) is 7.33. The number of hydrogen-bond donors (Lipinski definition) is 0. The summed E-state index contributed by atoms with van der Waals surface area (Å²) in [5, 5.41) is 3.05. The molecule has 3 aromatic carbocycles. The molecular formula is C30H30N2O3S. The molecule has 0 N–H and O–H groups in total. The van der Waals surface area contributed by atoms with Crippen LogP contribution < -0.4 is 14.4 Å². The monoisotopic (exact) mass is 498 g/mol. The fourth-order valence-corrected chi connectivity index (χ4v) is 5.12. The number of carbonyl (C=O) groups is 1. The van der Waals surface area contributed by atoms with Crippen molar-refractivity contribution in [2.24, 2.45) is 0 Å². The van der Waals surface area contributed by atoms with Crippen LogP contribution in [-0.4, -0.2) is 30.1 Å². The lowest BCUT2D eigenvalue weighted by molar-refractivity contribution is -0.126. The summed E-state index contributed by atoms with van der Waals surface area (Å²) in [4.78, 5) is 20.0. The molecule has 1 amide bonds. The van der Waals surface area contributed by atoms with Crippen LogP contribution in [0.4, 0.5) is 5.69 Å². The smallest absolute Gasteiger partial charge is 0.268 e. The number of amides is 1. The van der Waals surface area contributed by atoms with E-state index in [1.165, 1.54) is 5.56 Å². The Balaban J connectivity index is 1.30. The predicted molar refractivity (Wildman–Crippen MR) is 146 cm³/mol. The van der Waals surface area contributed by atoms with E-state index in [-0.39, 0.29) is 5.91 Å². The van der Waals surface area contributed by atoms with Crippen molar-refractivity contribution in [3.63, 3.8) is 0 Å². The van der Waals surface area contributed by atoms with Crippen molar-refractivity contribution in [2.75, 3.05) is 18.1 Å². The summed E-state index contributed by atoms with van der Waals surface area (Å²) in [6.07, 6.45) is 1.89. The van der Waals surface area contributed by atoms with E-state index in [1.807, 2.05) is 72.5 Å². The fraction of sp³-hybridized carbons (Fsp3) is 0.267. The molecule has 0 saturated carbocycles. The maximum Gasteiger partial charge on any atom is 0.268 e. The molecule has 4 aromatic rings. The Bertz CT molecular complexity index is 1320. The molecule has 1 aliphatic heterocycles. The molecule has 1 aliphatic rings. The highest BCUT2D eigenvalue weighted by molar-refractivity contribution is 7.13. The molecule has 1 aromatic heterocycles. The van der Waals surface area contributed by atoms with Crippen molar-refractivity contribution in [2.45, 2.75) is 39.2 Å². The number of thiazole rings is 1. The van der Waals surface area contributed by atoms with Crippen LogP contribution in [0, 0.1) is 6.92 Å². The minimum atomic E-state index is -0.448. The van der Waals surface area contributed by atoms with Crippen LogP contribution in [0.1, 0.15) is 31.7 Å². The van der Waals surface area contributed by atoms with Gasteiger partial charge in [0.1, 0.15) is 16.5 Å². The van der Waals surface area contributed by atoms with Gasteiger partial charge in [-0.2, -0.15) is 0 Å². The van der Waals surface area contributed by atoms with E-state index >= 15 is 0 Å². The summed E-state index contributed by atoms with van der Waals surface area (Å²) in [5.74, 6) is 1.65. The van der Waals surface area contributed by atoms with Gasteiger partial charge in [0, 0.05) is 23.1 Å². The summed E-state index contributed by atoms with van der Waals surface area (Å²) in [5.41, 5.74) is 5.01. The Labute approximate surface area is 216 Å². The highest BCUT2D eigenvalue weighted by atomic mass is 32.1. The van der Waals surface area contributed by atoms with Gasteiger partial charge in [-0.05, 0) is 56.5 Å². The number of anilines is 1. The molecule has 0 bridgehead atoms.